The number of phosphoric ester groups is 1. The first-order valence-corrected chi connectivity index (χ1v) is 33.8. The van der Waals surface area contributed by atoms with Crippen molar-refractivity contribution in [3.8, 4) is 0 Å². The minimum Gasteiger partial charge on any atom is -0.462 e. The van der Waals surface area contributed by atoms with Gasteiger partial charge in [-0.3, -0.25) is 18.6 Å². The van der Waals surface area contributed by atoms with E-state index in [0.29, 0.717) is 6.42 Å². The van der Waals surface area contributed by atoms with Gasteiger partial charge in [0.15, 0.2) is 6.10 Å². The van der Waals surface area contributed by atoms with Crippen LogP contribution in [0, 0.1) is 0 Å². The molecule has 0 spiro atoms. The van der Waals surface area contributed by atoms with Gasteiger partial charge in [-0.05, 0) is 122 Å². The SMILES string of the molecule is CC/C=C\C/C=C\C/C=C\C/C=C\C/C=C\C/C=C\C/C=C\C/C=C\C/C=C\C/C=C\CCCCCCCCC(=O)OC(COC(=O)CCCCCCCCCCCCC/C=C\C/C=C\CCCCCCC)COP(=O)(O)OCCN. The minimum absolute atomic E-state index is 0.0434. The van der Waals surface area contributed by atoms with E-state index in [1.165, 1.54) is 96.3 Å². The predicted molar refractivity (Wildman–Crippen MR) is 348 cm³/mol. The molecule has 0 rings (SSSR count). The zero-order chi connectivity index (χ0) is 58.7. The van der Waals surface area contributed by atoms with Crippen LogP contribution in [0.3, 0.4) is 0 Å². The summed E-state index contributed by atoms with van der Waals surface area (Å²) >= 11 is 0. The Morgan fingerprint density at radius 3 is 1.01 bits per heavy atom. The lowest BCUT2D eigenvalue weighted by Crippen LogP contribution is -2.29. The van der Waals surface area contributed by atoms with Crippen molar-refractivity contribution >= 4 is 19.8 Å². The highest BCUT2D eigenvalue weighted by Gasteiger charge is 2.26. The third kappa shape index (κ3) is 64.9. The van der Waals surface area contributed by atoms with Crippen molar-refractivity contribution in [1.29, 1.82) is 0 Å². The summed E-state index contributed by atoms with van der Waals surface area (Å²) < 4.78 is 33.1. The summed E-state index contributed by atoms with van der Waals surface area (Å²) in [6.07, 6.45) is 93.4. The summed E-state index contributed by atoms with van der Waals surface area (Å²) in [5.74, 6) is -0.853. The van der Waals surface area contributed by atoms with Gasteiger partial charge in [-0.25, -0.2) is 4.57 Å². The molecule has 81 heavy (non-hydrogen) atoms. The minimum atomic E-state index is -4.41. The highest BCUT2D eigenvalue weighted by molar-refractivity contribution is 7.47. The average molecular weight is 1140 g/mol. The lowest BCUT2D eigenvalue weighted by Gasteiger charge is -2.19. The summed E-state index contributed by atoms with van der Waals surface area (Å²) in [6, 6.07) is 0. The molecule has 0 aromatic rings. The molecule has 0 fully saturated rings. The molecule has 2 unspecified atom stereocenters. The molecular formula is C71H118NO8P. The van der Waals surface area contributed by atoms with Crippen LogP contribution in [-0.2, 0) is 32.7 Å². The van der Waals surface area contributed by atoms with Gasteiger partial charge in [-0.1, -0.05) is 269 Å². The van der Waals surface area contributed by atoms with Crippen LogP contribution in [-0.4, -0.2) is 49.3 Å². The third-order valence-corrected chi connectivity index (χ3v) is 14.2. The van der Waals surface area contributed by atoms with E-state index in [-0.39, 0.29) is 32.6 Å². The van der Waals surface area contributed by atoms with Crippen molar-refractivity contribution in [3.63, 3.8) is 0 Å². The maximum Gasteiger partial charge on any atom is 0.472 e. The summed E-state index contributed by atoms with van der Waals surface area (Å²) in [6.45, 7) is 3.60. The zero-order valence-corrected chi connectivity index (χ0v) is 52.4. The first-order chi connectivity index (χ1) is 39.8. The van der Waals surface area contributed by atoms with Crippen LogP contribution in [0.15, 0.2) is 146 Å². The van der Waals surface area contributed by atoms with E-state index in [1.807, 2.05) is 0 Å². The largest absolute Gasteiger partial charge is 0.472 e. The van der Waals surface area contributed by atoms with Gasteiger partial charge in [0.2, 0.25) is 0 Å². The fourth-order valence-electron chi connectivity index (χ4n) is 8.46. The van der Waals surface area contributed by atoms with Gasteiger partial charge in [0.25, 0.3) is 0 Å². The maximum absolute atomic E-state index is 12.7. The predicted octanol–water partition coefficient (Wildman–Crippen LogP) is 21.1. The van der Waals surface area contributed by atoms with Gasteiger partial charge in [-0.15, -0.1) is 0 Å². The Morgan fingerprint density at radius 2 is 0.679 bits per heavy atom. The smallest absolute Gasteiger partial charge is 0.462 e. The highest BCUT2D eigenvalue weighted by atomic mass is 31.2. The molecule has 0 amide bonds. The fourth-order valence-corrected chi connectivity index (χ4v) is 9.22. The Morgan fingerprint density at radius 1 is 0.383 bits per heavy atom. The second kappa shape index (κ2) is 65.0. The van der Waals surface area contributed by atoms with Crippen molar-refractivity contribution in [2.45, 2.75) is 264 Å². The zero-order valence-electron chi connectivity index (χ0n) is 51.5. The molecule has 0 bridgehead atoms. The first-order valence-electron chi connectivity index (χ1n) is 32.3. The van der Waals surface area contributed by atoms with Crippen molar-refractivity contribution in [1.82, 2.24) is 0 Å². The topological polar surface area (TPSA) is 134 Å². The molecule has 0 aromatic carbocycles. The standard InChI is InChI=1S/C71H118NO8P/c1-3-5-7-9-11-13-15-17-19-21-23-25-27-28-29-30-31-32-33-34-35-36-37-38-39-40-42-44-46-48-50-52-54-56-58-60-62-64-71(74)80-69(68-79-81(75,76)78-66-65-72)67-77-70(73)63-61-59-57-55-53-51-49-47-45-43-41-26-24-22-20-18-16-14-12-10-8-6-4-2/h5,7,11,13,16-19,22-25,28-29,31-32,34-35,37-38,40,42,46,48,69H,3-4,6,8-10,12,14-15,20-21,26-27,30,33,36,39,41,43-45,47,49-68,72H2,1-2H3,(H,75,76)/b7-5-,13-11-,18-16-,19-17-,24-22-,25-23-,29-28-,32-31-,35-34-,38-37-,42-40-,48-46-. The van der Waals surface area contributed by atoms with E-state index in [4.69, 9.17) is 24.3 Å². The Bertz CT molecular complexity index is 1830. The Hall–Kier alpha value is -4.11. The van der Waals surface area contributed by atoms with Crippen LogP contribution in [0.4, 0.5) is 0 Å². The van der Waals surface area contributed by atoms with Gasteiger partial charge < -0.3 is 20.1 Å². The van der Waals surface area contributed by atoms with E-state index >= 15 is 0 Å². The monoisotopic (exact) mass is 1140 g/mol. The van der Waals surface area contributed by atoms with Gasteiger partial charge in [0.05, 0.1) is 13.2 Å². The number of rotatable bonds is 59. The summed E-state index contributed by atoms with van der Waals surface area (Å²) in [5.41, 5.74) is 5.39. The van der Waals surface area contributed by atoms with Crippen LogP contribution in [0.25, 0.3) is 0 Å². The number of phosphoric acid groups is 1. The molecule has 460 valence electrons. The number of unbranched alkanes of at least 4 members (excludes halogenated alkanes) is 22. The van der Waals surface area contributed by atoms with E-state index in [9.17, 15) is 19.0 Å². The second-order valence-electron chi connectivity index (χ2n) is 20.9. The van der Waals surface area contributed by atoms with Crippen LogP contribution in [0.1, 0.15) is 258 Å². The van der Waals surface area contributed by atoms with Crippen molar-refractivity contribution in [2.75, 3.05) is 26.4 Å². The number of hydrogen-bond acceptors (Lipinski definition) is 8. The number of ether oxygens (including phenoxy) is 2. The summed E-state index contributed by atoms with van der Waals surface area (Å²) in [4.78, 5) is 35.3. The average Bonchev–Trinajstić information content (AvgIpc) is 3.46. The van der Waals surface area contributed by atoms with Gasteiger partial charge >= 0.3 is 19.8 Å². The molecule has 0 aliphatic heterocycles. The molecule has 0 radical (unpaired) electrons. The van der Waals surface area contributed by atoms with Crippen LogP contribution >= 0.6 is 7.82 Å². The van der Waals surface area contributed by atoms with Gasteiger partial charge in [0.1, 0.15) is 6.61 Å². The van der Waals surface area contributed by atoms with Crippen LogP contribution in [0.5, 0.6) is 0 Å². The number of nitrogens with two attached hydrogens (primary N) is 1. The summed E-state index contributed by atoms with van der Waals surface area (Å²) in [7, 11) is -4.41. The Kier molecular flexibility index (Phi) is 61.7. The van der Waals surface area contributed by atoms with E-state index in [1.54, 1.807) is 0 Å². The molecule has 9 nitrogen and oxygen atoms in total. The van der Waals surface area contributed by atoms with Crippen molar-refractivity contribution in [2.24, 2.45) is 5.73 Å². The molecular weight excluding hydrogens is 1030 g/mol. The molecule has 3 N–H and O–H groups in total. The van der Waals surface area contributed by atoms with Gasteiger partial charge in [-0.2, -0.15) is 0 Å². The lowest BCUT2D eigenvalue weighted by atomic mass is 10.0. The number of carbonyl (C=O) groups is 2. The molecule has 0 aliphatic rings. The van der Waals surface area contributed by atoms with Crippen LogP contribution in [0.2, 0.25) is 0 Å². The van der Waals surface area contributed by atoms with Crippen molar-refractivity contribution in [3.05, 3.63) is 146 Å². The van der Waals surface area contributed by atoms with Crippen LogP contribution < -0.4 is 5.73 Å². The van der Waals surface area contributed by atoms with E-state index < -0.39 is 32.5 Å². The second-order valence-corrected chi connectivity index (χ2v) is 22.3. The highest BCUT2D eigenvalue weighted by Crippen LogP contribution is 2.43. The Balaban J connectivity index is 4.03. The molecule has 0 aliphatic carbocycles. The van der Waals surface area contributed by atoms with Crippen molar-refractivity contribution < 1.29 is 37.6 Å². The lowest BCUT2D eigenvalue weighted by molar-refractivity contribution is -0.161. The molecule has 10 heteroatoms. The maximum atomic E-state index is 12.7. The number of allylic oxidation sites excluding steroid dienone is 24. The number of esters is 2. The molecule has 0 saturated carbocycles. The number of carbonyl (C=O) groups excluding carboxylic acids is 2. The number of hydrogen-bond donors (Lipinski definition) is 2. The molecule has 0 aromatic heterocycles. The van der Waals surface area contributed by atoms with E-state index in [0.717, 1.165) is 128 Å². The quantitative estimate of drug-likeness (QED) is 0.0264. The Labute approximate surface area is 496 Å². The third-order valence-electron chi connectivity index (χ3n) is 13.2. The van der Waals surface area contributed by atoms with Gasteiger partial charge in [0, 0.05) is 19.4 Å². The molecule has 0 saturated heterocycles. The first kappa shape index (κ1) is 76.9. The molecule has 0 heterocycles. The van der Waals surface area contributed by atoms with E-state index in [2.05, 4.69) is 160 Å². The fraction of sp³-hybridized carbons (Fsp3) is 0.634. The normalized spacial score (nSPS) is 14.0. The molecule has 2 atom stereocenters. The summed E-state index contributed by atoms with van der Waals surface area (Å²) in [5, 5.41) is 0.